The Labute approximate surface area is 286 Å². The molecule has 0 heterocycles. The van der Waals surface area contributed by atoms with Gasteiger partial charge in [-0.3, -0.25) is 0 Å². The van der Waals surface area contributed by atoms with Crippen LogP contribution >= 0.6 is 0 Å². The minimum absolute atomic E-state index is 0. The Bertz CT molecular complexity index is 393. The molecule has 0 aromatic rings. The maximum Gasteiger partial charge on any atom is 2.00 e. The summed E-state index contributed by atoms with van der Waals surface area (Å²) >= 11 is 0. The molecule has 3 N–H and O–H groups in total. The molecule has 0 saturated carbocycles. The minimum atomic E-state index is 0. The van der Waals surface area contributed by atoms with Crippen LogP contribution in [0.4, 0.5) is 0 Å². The number of hydrogen-bond donors (Lipinski definition) is 2. The van der Waals surface area contributed by atoms with E-state index in [-0.39, 0.29) is 83.8 Å². The van der Waals surface area contributed by atoms with Crippen molar-refractivity contribution in [1.29, 1.82) is 0 Å². The molecule has 4 nitrogen and oxygen atoms in total. The van der Waals surface area contributed by atoms with Gasteiger partial charge in [0.15, 0.2) is 0 Å². The molecule has 2 atom stereocenters. The molecule has 0 bridgehead atoms. The molecule has 246 valence electrons. The van der Waals surface area contributed by atoms with Crippen molar-refractivity contribution in [1.82, 2.24) is 10.4 Å². The summed E-state index contributed by atoms with van der Waals surface area (Å²) in [4.78, 5) is 2.53. The number of quaternary nitrogens is 1. The summed E-state index contributed by atoms with van der Waals surface area (Å²) in [6.07, 6.45) is 10.7. The predicted octanol–water partition coefficient (Wildman–Crippen LogP) is -4.73. The predicted molar refractivity (Wildman–Crippen MR) is 146 cm³/mol. The fourth-order valence-electron chi connectivity index (χ4n) is 5.34. The molecule has 0 aromatic heterocycles. The van der Waals surface area contributed by atoms with Crippen molar-refractivity contribution < 1.29 is 88.4 Å². The number of nitrogens with one attached hydrogen (secondary N) is 1. The van der Waals surface area contributed by atoms with Gasteiger partial charge in [0.2, 0.25) is 0 Å². The molecule has 0 aliphatic rings. The summed E-state index contributed by atoms with van der Waals surface area (Å²) < 4.78 is 0.843. The third-order valence-electron chi connectivity index (χ3n) is 8.47. The van der Waals surface area contributed by atoms with Crippen molar-refractivity contribution in [3.63, 3.8) is 0 Å². The smallest absolute Gasteiger partial charge is 1.00 e. The van der Waals surface area contributed by atoms with Gasteiger partial charge in [-0.25, -0.2) is 10.4 Å². The molecule has 10 heteroatoms. The second-order valence-electron chi connectivity index (χ2n) is 10.0. The number of hydrogen-bond acceptors (Lipinski definition) is 3. The van der Waals surface area contributed by atoms with E-state index < -0.39 is 0 Å². The van der Waals surface area contributed by atoms with Crippen LogP contribution in [0.5, 0.6) is 0 Å². The van der Waals surface area contributed by atoms with E-state index in [0.717, 1.165) is 47.9 Å². The van der Waals surface area contributed by atoms with Gasteiger partial charge >= 0.3 is 34.1 Å². The van der Waals surface area contributed by atoms with Crippen LogP contribution in [-0.4, -0.2) is 48.8 Å². The van der Waals surface area contributed by atoms with Crippen molar-refractivity contribution in [2.75, 3.05) is 39.3 Å². The van der Waals surface area contributed by atoms with Crippen molar-refractivity contribution in [3.05, 3.63) is 0 Å². The van der Waals surface area contributed by atoms with Crippen molar-refractivity contribution in [2.45, 2.75) is 121 Å². The molecule has 0 spiro atoms. The molecule has 0 fully saturated rings. The number of rotatable bonds is 19. The van der Waals surface area contributed by atoms with E-state index in [9.17, 15) is 0 Å². The summed E-state index contributed by atoms with van der Waals surface area (Å²) in [7, 11) is 0. The van der Waals surface area contributed by atoms with E-state index in [0.29, 0.717) is 0 Å². The fraction of sp³-hybridized carbons (Fsp3) is 1.00. The van der Waals surface area contributed by atoms with Crippen LogP contribution in [0.15, 0.2) is 0 Å². The van der Waals surface area contributed by atoms with E-state index in [1.54, 1.807) is 0 Å². The summed E-state index contributed by atoms with van der Waals surface area (Å²) in [6, 6.07) is 0. The van der Waals surface area contributed by atoms with Crippen LogP contribution in [-0.2, 0) is 34.1 Å². The molecule has 0 amide bonds. The van der Waals surface area contributed by atoms with E-state index in [1.165, 1.54) is 71.0 Å². The third-order valence-corrected chi connectivity index (χ3v) is 8.47. The fourth-order valence-corrected chi connectivity index (χ4v) is 5.34. The van der Waals surface area contributed by atoms with E-state index in [1.807, 2.05) is 0 Å². The third kappa shape index (κ3) is 26.9. The average molecular weight is 729 g/mol. The Hall–Kier alpha value is 2.04. The maximum atomic E-state index is 5.68. The van der Waals surface area contributed by atoms with Crippen LogP contribution in [0.3, 0.4) is 0 Å². The first-order valence-corrected chi connectivity index (χ1v) is 14.3. The molecule has 0 saturated heterocycles. The molecular weight excluding hydrogens is 663 g/mol. The van der Waals surface area contributed by atoms with Gasteiger partial charge in [-0.05, 0) is 82.8 Å². The van der Waals surface area contributed by atoms with E-state index in [4.69, 9.17) is 5.84 Å². The Morgan fingerprint density at radius 2 is 0.974 bits per heavy atom. The monoisotopic (exact) mass is 725 g/mol. The molecule has 0 aliphatic carbocycles. The molecule has 38 heavy (non-hydrogen) atoms. The molecule has 0 aliphatic heterocycles. The Balaban J connectivity index is -0.0000000685. The van der Waals surface area contributed by atoms with E-state index in [2.05, 4.69) is 79.7 Å². The van der Waals surface area contributed by atoms with Gasteiger partial charge in [0, 0.05) is 0 Å². The van der Waals surface area contributed by atoms with Gasteiger partial charge in [0.05, 0.1) is 19.6 Å². The zero-order valence-corrected chi connectivity index (χ0v) is 31.2. The minimum Gasteiger partial charge on any atom is -1.00 e. The second-order valence-corrected chi connectivity index (χ2v) is 10.0. The number of hydrazine groups is 1. The SMILES string of the molecule is CCC(CC)C(C)CCC[15N+](CC)(CC)NN.CCC(CC)C(C)CCC[15N](CC)CC.[Cl-].[Cl-].[Cl-].[Cl-].[Cu+2].[Cu+2]. The molecule has 2 unspecified atom stereocenters. The van der Waals surface area contributed by atoms with Crippen LogP contribution in [0.25, 0.3) is 0 Å². The van der Waals surface area contributed by atoms with Gasteiger partial charge in [-0.1, -0.05) is 81.1 Å². The van der Waals surface area contributed by atoms with Crippen LogP contribution < -0.4 is 61.0 Å². The Morgan fingerprint density at radius 3 is 1.24 bits per heavy atom. The normalized spacial score (nSPS) is 11.8. The molecule has 0 aromatic carbocycles. The topological polar surface area (TPSA) is 41.3 Å². The first-order valence-electron chi connectivity index (χ1n) is 14.3. The largest absolute Gasteiger partial charge is 2.00 e. The summed E-state index contributed by atoms with van der Waals surface area (Å²) in [6.45, 7) is 30.0. The zero-order chi connectivity index (χ0) is 25.0. The zero-order valence-electron chi connectivity index (χ0n) is 26.3. The Kier molecular flexibility index (Phi) is 61.1. The van der Waals surface area contributed by atoms with Crippen molar-refractivity contribution in [2.24, 2.45) is 29.5 Å². The van der Waals surface area contributed by atoms with Crippen LogP contribution in [0.1, 0.15) is 121 Å². The molecule has 0 rings (SSSR count). The standard InChI is InChI=1S/C14H34N3.C14H31N.4ClH.2Cu/c1-6-14(7-2)13(5)11-10-12-17(8-3,9-4)16-15;1-6-14(7-2)13(5)11-10-12-15(8-3)9-4;;;;;;/h13-14,16H,6-12,15H2,1-5H3;13-14H,6-12H2,1-5H3;4*1H;;/q+1;;;;;;2*+2/p-4/i17+1;15+1;;;;;;. The van der Waals surface area contributed by atoms with Crippen molar-refractivity contribution in [3.8, 4) is 0 Å². The summed E-state index contributed by atoms with van der Waals surface area (Å²) in [5, 5.41) is 0. The first kappa shape index (κ1) is 59.4. The van der Waals surface area contributed by atoms with Crippen molar-refractivity contribution >= 4 is 0 Å². The van der Waals surface area contributed by atoms with Gasteiger partial charge in [-0.15, -0.1) is 5.53 Å². The number of nitrogens with two attached hydrogens (primary N) is 1. The van der Waals surface area contributed by atoms with Gasteiger partial charge < -0.3 is 54.5 Å². The average Bonchev–Trinajstić information content (AvgIpc) is 2.82. The van der Waals surface area contributed by atoms with Crippen LogP contribution in [0, 0.1) is 23.7 Å². The van der Waals surface area contributed by atoms with E-state index >= 15 is 0 Å². The van der Waals surface area contributed by atoms with Gasteiger partial charge in [0.1, 0.15) is 0 Å². The molecular formula is C28H65Cl4Cu2N4+. The van der Waals surface area contributed by atoms with Crippen LogP contribution in [0.2, 0.25) is 0 Å². The Morgan fingerprint density at radius 1 is 0.632 bits per heavy atom. The summed E-state index contributed by atoms with van der Waals surface area (Å²) in [5.74, 6) is 9.28. The number of halogens is 4. The maximum absolute atomic E-state index is 5.68. The van der Waals surface area contributed by atoms with Gasteiger partial charge in [0.25, 0.3) is 0 Å². The second kappa shape index (κ2) is 39.0. The summed E-state index contributed by atoms with van der Waals surface area (Å²) in [5.41, 5.74) is 2.98. The first-order chi connectivity index (χ1) is 15.3. The molecule has 2 radical (unpaired) electrons. The quantitative estimate of drug-likeness (QED) is 0.0463. The van der Waals surface area contributed by atoms with Gasteiger partial charge in [-0.2, -0.15) is 0 Å². The number of nitrogens with zero attached hydrogens (tertiary/aromatic N) is 2.